The van der Waals surface area contributed by atoms with E-state index < -0.39 is 0 Å². The molecule has 0 bridgehead atoms. The molecule has 0 radical (unpaired) electrons. The van der Waals surface area contributed by atoms with Gasteiger partial charge in [-0.25, -0.2) is 0 Å². The SMILES string of the molecule is C[C@H]1CC(=O)N2CCC[C@H]12. The molecule has 2 heteroatoms. The highest BCUT2D eigenvalue weighted by molar-refractivity contribution is 5.79. The molecule has 0 N–H and O–H groups in total. The van der Waals surface area contributed by atoms with Crippen LogP contribution < -0.4 is 0 Å². The largest absolute Gasteiger partial charge is 0.339 e. The Labute approximate surface area is 61.2 Å². The Kier molecular flexibility index (Phi) is 1.22. The third-order valence-electron chi connectivity index (χ3n) is 2.77. The standard InChI is InChI=1S/C8H13NO/c1-6-5-8(10)9-4-2-3-7(6)9/h6-7H,2-5H2,1H3/t6-,7+/m0/s1. The number of hydrogen-bond acceptors (Lipinski definition) is 1. The Bertz CT molecular complexity index is 167. The summed E-state index contributed by atoms with van der Waals surface area (Å²) < 4.78 is 0. The smallest absolute Gasteiger partial charge is 0.223 e. The van der Waals surface area contributed by atoms with Gasteiger partial charge in [0.1, 0.15) is 0 Å². The highest BCUT2D eigenvalue weighted by Gasteiger charge is 2.39. The molecule has 56 valence electrons. The maximum Gasteiger partial charge on any atom is 0.223 e. The minimum Gasteiger partial charge on any atom is -0.339 e. The molecule has 2 heterocycles. The van der Waals surface area contributed by atoms with Crippen LogP contribution in [0.3, 0.4) is 0 Å². The van der Waals surface area contributed by atoms with E-state index in [1.165, 1.54) is 12.8 Å². The first kappa shape index (κ1) is 6.20. The van der Waals surface area contributed by atoms with E-state index in [1.54, 1.807) is 0 Å². The van der Waals surface area contributed by atoms with E-state index in [0.29, 0.717) is 17.9 Å². The maximum absolute atomic E-state index is 11.2. The molecular formula is C8H13NO. The van der Waals surface area contributed by atoms with E-state index in [9.17, 15) is 4.79 Å². The van der Waals surface area contributed by atoms with E-state index in [4.69, 9.17) is 0 Å². The average Bonchev–Trinajstić information content (AvgIpc) is 2.39. The van der Waals surface area contributed by atoms with Crippen LogP contribution in [0.1, 0.15) is 26.2 Å². The number of fused-ring (bicyclic) bond motifs is 1. The van der Waals surface area contributed by atoms with Gasteiger partial charge >= 0.3 is 0 Å². The molecule has 2 aliphatic heterocycles. The fourth-order valence-electron chi connectivity index (χ4n) is 2.22. The molecule has 2 fully saturated rings. The Morgan fingerprint density at radius 1 is 1.60 bits per heavy atom. The molecule has 2 rings (SSSR count). The Morgan fingerprint density at radius 2 is 2.40 bits per heavy atom. The zero-order valence-corrected chi connectivity index (χ0v) is 6.34. The Balaban J connectivity index is 2.19. The topological polar surface area (TPSA) is 20.3 Å². The summed E-state index contributed by atoms with van der Waals surface area (Å²) in [5, 5.41) is 0. The first-order chi connectivity index (χ1) is 4.79. The van der Waals surface area contributed by atoms with E-state index in [1.807, 2.05) is 0 Å². The second-order valence-electron chi connectivity index (χ2n) is 3.48. The fourth-order valence-corrected chi connectivity index (χ4v) is 2.22. The zero-order chi connectivity index (χ0) is 7.14. The van der Waals surface area contributed by atoms with Crippen LogP contribution in [0.25, 0.3) is 0 Å². The van der Waals surface area contributed by atoms with Gasteiger partial charge in [0.15, 0.2) is 0 Å². The molecule has 2 nitrogen and oxygen atoms in total. The van der Waals surface area contributed by atoms with Crippen LogP contribution in [0.5, 0.6) is 0 Å². The lowest BCUT2D eigenvalue weighted by Gasteiger charge is -2.16. The molecule has 0 aromatic heterocycles. The molecule has 2 saturated heterocycles. The van der Waals surface area contributed by atoms with Crippen LogP contribution in [0, 0.1) is 5.92 Å². The fraction of sp³-hybridized carbons (Fsp3) is 0.875. The predicted octanol–water partition coefficient (Wildman–Crippen LogP) is 1.02. The van der Waals surface area contributed by atoms with Crippen molar-refractivity contribution in [3.63, 3.8) is 0 Å². The van der Waals surface area contributed by atoms with Crippen LogP contribution in [-0.2, 0) is 4.79 Å². The summed E-state index contributed by atoms with van der Waals surface area (Å²) in [5.41, 5.74) is 0. The predicted molar refractivity (Wildman–Crippen MR) is 38.5 cm³/mol. The van der Waals surface area contributed by atoms with Gasteiger partial charge in [0.05, 0.1) is 0 Å². The molecule has 10 heavy (non-hydrogen) atoms. The normalized spacial score (nSPS) is 38.9. The second kappa shape index (κ2) is 1.97. The Morgan fingerprint density at radius 3 is 3.10 bits per heavy atom. The number of rotatable bonds is 0. The number of carbonyl (C=O) groups is 1. The summed E-state index contributed by atoms with van der Waals surface area (Å²) in [4.78, 5) is 13.3. The van der Waals surface area contributed by atoms with Gasteiger partial charge < -0.3 is 4.90 Å². The molecule has 0 saturated carbocycles. The quantitative estimate of drug-likeness (QED) is 0.490. The molecule has 1 amide bonds. The minimum atomic E-state index is 0.384. The third kappa shape index (κ3) is 0.678. The van der Waals surface area contributed by atoms with Crippen molar-refractivity contribution in [2.24, 2.45) is 5.92 Å². The van der Waals surface area contributed by atoms with Crippen LogP contribution in [0.2, 0.25) is 0 Å². The lowest BCUT2D eigenvalue weighted by Crippen LogP contribution is -2.28. The third-order valence-corrected chi connectivity index (χ3v) is 2.77. The first-order valence-corrected chi connectivity index (χ1v) is 4.08. The van der Waals surface area contributed by atoms with Gasteiger partial charge in [0.2, 0.25) is 5.91 Å². The van der Waals surface area contributed by atoms with Gasteiger partial charge in [0, 0.05) is 19.0 Å². The van der Waals surface area contributed by atoms with Gasteiger partial charge in [-0.2, -0.15) is 0 Å². The van der Waals surface area contributed by atoms with E-state index in [-0.39, 0.29) is 0 Å². The van der Waals surface area contributed by atoms with E-state index >= 15 is 0 Å². The summed E-state index contributed by atoms with van der Waals surface area (Å²) in [5.74, 6) is 1.00. The lowest BCUT2D eigenvalue weighted by molar-refractivity contribution is -0.127. The summed E-state index contributed by atoms with van der Waals surface area (Å²) in [6.07, 6.45) is 3.26. The monoisotopic (exact) mass is 139 g/mol. The second-order valence-corrected chi connectivity index (χ2v) is 3.48. The van der Waals surface area contributed by atoms with Gasteiger partial charge in [0.25, 0.3) is 0 Å². The van der Waals surface area contributed by atoms with Crippen LogP contribution in [0.15, 0.2) is 0 Å². The van der Waals surface area contributed by atoms with Crippen LogP contribution >= 0.6 is 0 Å². The number of carbonyl (C=O) groups excluding carboxylic acids is 1. The molecule has 0 aliphatic carbocycles. The van der Waals surface area contributed by atoms with Gasteiger partial charge in [-0.1, -0.05) is 6.92 Å². The lowest BCUT2D eigenvalue weighted by atomic mass is 10.0. The molecule has 2 aliphatic rings. The van der Waals surface area contributed by atoms with Crippen molar-refractivity contribution in [3.8, 4) is 0 Å². The number of hydrogen-bond donors (Lipinski definition) is 0. The average molecular weight is 139 g/mol. The molecule has 0 aromatic carbocycles. The molecule has 2 atom stereocenters. The summed E-state index contributed by atoms with van der Waals surface area (Å²) in [6.45, 7) is 3.21. The maximum atomic E-state index is 11.2. The molecule has 0 aromatic rings. The van der Waals surface area contributed by atoms with Crippen molar-refractivity contribution in [1.82, 2.24) is 4.90 Å². The van der Waals surface area contributed by atoms with Gasteiger partial charge in [-0.15, -0.1) is 0 Å². The zero-order valence-electron chi connectivity index (χ0n) is 6.34. The summed E-state index contributed by atoms with van der Waals surface area (Å²) in [7, 11) is 0. The van der Waals surface area contributed by atoms with Crippen molar-refractivity contribution < 1.29 is 4.79 Å². The minimum absolute atomic E-state index is 0.384. The molecule has 0 unspecified atom stereocenters. The highest BCUT2D eigenvalue weighted by Crippen LogP contribution is 2.32. The van der Waals surface area contributed by atoms with Crippen molar-refractivity contribution in [2.75, 3.05) is 6.54 Å². The first-order valence-electron chi connectivity index (χ1n) is 4.08. The summed E-state index contributed by atoms with van der Waals surface area (Å²) in [6, 6.07) is 0.604. The molecular weight excluding hydrogens is 126 g/mol. The molecule has 0 spiro atoms. The van der Waals surface area contributed by atoms with Crippen LogP contribution in [0.4, 0.5) is 0 Å². The van der Waals surface area contributed by atoms with E-state index in [0.717, 1.165) is 13.0 Å². The summed E-state index contributed by atoms with van der Waals surface area (Å²) >= 11 is 0. The van der Waals surface area contributed by atoms with Crippen LogP contribution in [-0.4, -0.2) is 23.4 Å². The van der Waals surface area contributed by atoms with Gasteiger partial charge in [-0.05, 0) is 18.8 Å². The Hall–Kier alpha value is -0.530. The highest BCUT2D eigenvalue weighted by atomic mass is 16.2. The van der Waals surface area contributed by atoms with Gasteiger partial charge in [-0.3, -0.25) is 4.79 Å². The van der Waals surface area contributed by atoms with Crippen molar-refractivity contribution in [3.05, 3.63) is 0 Å². The van der Waals surface area contributed by atoms with Crippen molar-refractivity contribution in [2.45, 2.75) is 32.2 Å². The van der Waals surface area contributed by atoms with E-state index in [2.05, 4.69) is 11.8 Å². The van der Waals surface area contributed by atoms with Crippen molar-refractivity contribution in [1.29, 1.82) is 0 Å². The van der Waals surface area contributed by atoms with Crippen molar-refractivity contribution >= 4 is 5.91 Å². The number of nitrogens with zero attached hydrogens (tertiary/aromatic N) is 1. The number of amides is 1.